The Bertz CT molecular complexity index is 380. The van der Waals surface area contributed by atoms with Gasteiger partial charge in [0.2, 0.25) is 0 Å². The van der Waals surface area contributed by atoms with Gasteiger partial charge in [-0.15, -0.1) is 0 Å². The van der Waals surface area contributed by atoms with E-state index in [-0.39, 0.29) is 10.6 Å². The summed E-state index contributed by atoms with van der Waals surface area (Å²) in [7, 11) is 3.64. The van der Waals surface area contributed by atoms with Gasteiger partial charge < -0.3 is 0 Å². The molecule has 0 aliphatic heterocycles. The summed E-state index contributed by atoms with van der Waals surface area (Å²) >= 11 is 0. The molecule has 0 amide bonds. The minimum atomic E-state index is -1.70. The van der Waals surface area contributed by atoms with E-state index in [1.165, 1.54) is 18.2 Å². The first kappa shape index (κ1) is 10.1. The molecule has 4 nitrogen and oxygen atoms in total. The van der Waals surface area contributed by atoms with Crippen LogP contribution in [0.3, 0.4) is 0 Å². The van der Waals surface area contributed by atoms with E-state index in [2.05, 4.69) is 0 Å². The van der Waals surface area contributed by atoms with Crippen LogP contribution in [0.2, 0.25) is 0 Å². The van der Waals surface area contributed by atoms with Gasteiger partial charge in [-0.3, -0.25) is 10.1 Å². The van der Waals surface area contributed by atoms with E-state index in [0.29, 0.717) is 5.56 Å². The zero-order valence-corrected chi connectivity index (χ0v) is 8.26. The van der Waals surface area contributed by atoms with Crippen molar-refractivity contribution in [1.29, 1.82) is 0 Å². The summed E-state index contributed by atoms with van der Waals surface area (Å²) in [6.45, 7) is 1.69. The molecule has 0 saturated heterocycles. The fourth-order valence-electron chi connectivity index (χ4n) is 0.875. The van der Waals surface area contributed by atoms with Crippen LogP contribution in [0.15, 0.2) is 23.1 Å². The molecule has 0 aliphatic rings. The maximum Gasteiger partial charge on any atom is 0.270 e. The predicted octanol–water partition coefficient (Wildman–Crippen LogP) is 2.16. The molecule has 0 heterocycles. The topological polar surface area (TPSA) is 60.2 Å². The molecule has 0 spiro atoms. The van der Waals surface area contributed by atoms with Crippen LogP contribution in [0.5, 0.6) is 0 Å². The van der Waals surface area contributed by atoms with Crippen LogP contribution in [0.4, 0.5) is 5.69 Å². The summed E-state index contributed by atoms with van der Waals surface area (Å²) in [6, 6.07) is 4.09. The van der Waals surface area contributed by atoms with Crippen LogP contribution in [-0.4, -0.2) is 9.13 Å². The highest BCUT2D eigenvalue weighted by molar-refractivity contribution is 8.08. The molecule has 0 aliphatic carbocycles. The molecule has 1 aromatic rings. The first-order valence-electron chi connectivity index (χ1n) is 3.35. The van der Waals surface area contributed by atoms with E-state index in [1.807, 2.05) is 0 Å². The van der Waals surface area contributed by atoms with Crippen molar-refractivity contribution in [1.82, 2.24) is 0 Å². The third-order valence-electron chi connectivity index (χ3n) is 1.56. The molecule has 13 heavy (non-hydrogen) atoms. The second kappa shape index (κ2) is 3.85. The number of nitro benzene ring substituents is 1. The molecule has 0 fully saturated rings. The van der Waals surface area contributed by atoms with Gasteiger partial charge in [0, 0.05) is 12.1 Å². The summed E-state index contributed by atoms with van der Waals surface area (Å²) in [4.78, 5) is 10.1. The Morgan fingerprint density at radius 1 is 1.54 bits per heavy atom. The lowest BCUT2D eigenvalue weighted by Gasteiger charge is -1.99. The average molecular weight is 220 g/mol. The lowest BCUT2D eigenvalue weighted by Crippen LogP contribution is -1.92. The largest absolute Gasteiger partial charge is 0.270 e. The molecule has 6 heteroatoms. The van der Waals surface area contributed by atoms with Gasteiger partial charge in [0.25, 0.3) is 5.69 Å². The zero-order valence-electron chi connectivity index (χ0n) is 6.69. The van der Waals surface area contributed by atoms with Crippen molar-refractivity contribution in [3.05, 3.63) is 33.9 Å². The van der Waals surface area contributed by atoms with Crippen molar-refractivity contribution < 1.29 is 9.13 Å². The molecule has 70 valence electrons. The standard InChI is InChI=1S/C7H6ClNO3S/c1-5-2-3-6(9(10)11)4-7(5)13(8)12/h2-4H,1H3. The Balaban J connectivity index is 3.27. The van der Waals surface area contributed by atoms with Gasteiger partial charge in [0.15, 0.2) is 0 Å². The second-order valence-corrected chi connectivity index (χ2v) is 4.16. The summed E-state index contributed by atoms with van der Waals surface area (Å²) in [5, 5.41) is 10.4. The van der Waals surface area contributed by atoms with Crippen LogP contribution in [0, 0.1) is 17.0 Å². The maximum absolute atomic E-state index is 10.9. The predicted molar refractivity (Wildman–Crippen MR) is 50.1 cm³/mol. The number of hydrogen-bond acceptors (Lipinski definition) is 3. The summed E-state index contributed by atoms with van der Waals surface area (Å²) in [5.74, 6) is 0. The van der Waals surface area contributed by atoms with Crippen molar-refractivity contribution in [3.63, 3.8) is 0 Å². The normalized spacial score (nSPS) is 12.5. The number of halogens is 1. The third kappa shape index (κ3) is 2.26. The minimum Gasteiger partial charge on any atom is -0.258 e. The van der Waals surface area contributed by atoms with Crippen molar-refractivity contribution in [3.8, 4) is 0 Å². The van der Waals surface area contributed by atoms with Gasteiger partial charge in [-0.25, -0.2) is 4.21 Å². The monoisotopic (exact) mass is 219 g/mol. The zero-order chi connectivity index (χ0) is 10.0. The van der Waals surface area contributed by atoms with Gasteiger partial charge in [-0.1, -0.05) is 6.07 Å². The maximum atomic E-state index is 10.9. The van der Waals surface area contributed by atoms with E-state index in [1.54, 1.807) is 6.92 Å². The highest BCUT2D eigenvalue weighted by Crippen LogP contribution is 2.21. The molecule has 0 saturated carbocycles. The molecule has 0 N–H and O–H groups in total. The molecular formula is C7H6ClNO3S. The highest BCUT2D eigenvalue weighted by atomic mass is 35.7. The number of non-ortho nitro benzene ring substituents is 1. The van der Waals surface area contributed by atoms with Gasteiger partial charge in [-0.2, -0.15) is 0 Å². The van der Waals surface area contributed by atoms with Gasteiger partial charge in [-0.05, 0) is 23.2 Å². The molecule has 1 rings (SSSR count). The Hall–Kier alpha value is -0.940. The summed E-state index contributed by atoms with van der Waals surface area (Å²) in [6.07, 6.45) is 0. The van der Waals surface area contributed by atoms with Crippen molar-refractivity contribution in [2.75, 3.05) is 0 Å². The van der Waals surface area contributed by atoms with Crippen molar-refractivity contribution in [2.45, 2.75) is 11.8 Å². The smallest absolute Gasteiger partial charge is 0.258 e. The van der Waals surface area contributed by atoms with E-state index < -0.39 is 14.9 Å². The Morgan fingerprint density at radius 3 is 2.62 bits per heavy atom. The van der Waals surface area contributed by atoms with Crippen molar-refractivity contribution >= 4 is 26.4 Å². The first-order valence-corrected chi connectivity index (χ1v) is 5.33. The lowest BCUT2D eigenvalue weighted by atomic mass is 10.2. The fraction of sp³-hybridized carbons (Fsp3) is 0.143. The molecule has 1 unspecified atom stereocenters. The number of nitro groups is 1. The van der Waals surface area contributed by atoms with E-state index in [0.717, 1.165) is 0 Å². The number of aryl methyl sites for hydroxylation is 1. The van der Waals surface area contributed by atoms with Crippen molar-refractivity contribution in [2.24, 2.45) is 0 Å². The first-order chi connectivity index (χ1) is 6.02. The fourth-order valence-corrected chi connectivity index (χ4v) is 1.91. The number of hydrogen-bond donors (Lipinski definition) is 0. The van der Waals surface area contributed by atoms with Crippen LogP contribution in [-0.2, 0) is 10.0 Å². The van der Waals surface area contributed by atoms with Gasteiger partial charge in [0.1, 0.15) is 10.0 Å². The van der Waals surface area contributed by atoms with Gasteiger partial charge in [0.05, 0.1) is 9.82 Å². The molecule has 0 radical (unpaired) electrons. The quantitative estimate of drug-likeness (QED) is 0.435. The Kier molecular flexibility index (Phi) is 3.00. The molecule has 1 aromatic carbocycles. The van der Waals surface area contributed by atoms with Crippen LogP contribution < -0.4 is 0 Å². The summed E-state index contributed by atoms with van der Waals surface area (Å²) < 4.78 is 10.9. The van der Waals surface area contributed by atoms with E-state index in [4.69, 9.17) is 10.7 Å². The second-order valence-electron chi connectivity index (χ2n) is 2.43. The number of nitrogens with zero attached hydrogens (tertiary/aromatic N) is 1. The van der Waals surface area contributed by atoms with Crippen LogP contribution in [0.25, 0.3) is 0 Å². The number of benzene rings is 1. The molecular weight excluding hydrogens is 214 g/mol. The third-order valence-corrected chi connectivity index (χ3v) is 2.84. The van der Waals surface area contributed by atoms with E-state index >= 15 is 0 Å². The minimum absolute atomic E-state index is 0.102. The van der Waals surface area contributed by atoms with Crippen LogP contribution >= 0.6 is 10.7 Å². The molecule has 0 bridgehead atoms. The molecule has 1 atom stereocenters. The molecule has 0 aromatic heterocycles. The Labute approximate surface area is 81.6 Å². The highest BCUT2D eigenvalue weighted by Gasteiger charge is 2.11. The lowest BCUT2D eigenvalue weighted by molar-refractivity contribution is -0.385. The SMILES string of the molecule is Cc1ccc([N+](=O)[O-])cc1S(=O)Cl. The van der Waals surface area contributed by atoms with E-state index in [9.17, 15) is 14.3 Å². The Morgan fingerprint density at radius 2 is 2.15 bits per heavy atom. The number of rotatable bonds is 2. The van der Waals surface area contributed by atoms with Crippen LogP contribution in [0.1, 0.15) is 5.56 Å². The van der Waals surface area contributed by atoms with Gasteiger partial charge >= 0.3 is 0 Å². The average Bonchev–Trinajstić information content (AvgIpc) is 2.04. The summed E-state index contributed by atoms with van der Waals surface area (Å²) in [5.41, 5.74) is 0.577.